The van der Waals surface area contributed by atoms with Crippen molar-refractivity contribution in [3.8, 4) is 5.69 Å². The molecular weight excluding hydrogens is 285 g/mol. The van der Waals surface area contributed by atoms with E-state index in [0.717, 1.165) is 0 Å². The first-order valence-corrected chi connectivity index (χ1v) is 6.62. The molecule has 0 spiro atoms. The summed E-state index contributed by atoms with van der Waals surface area (Å²) in [5, 5.41) is 4.48. The molecule has 7 heteroatoms. The van der Waals surface area contributed by atoms with E-state index in [1.54, 1.807) is 19.1 Å². The van der Waals surface area contributed by atoms with Crippen molar-refractivity contribution in [2.45, 2.75) is 6.92 Å². The fourth-order valence-electron chi connectivity index (χ4n) is 2.58. The number of hydrogen-bond acceptors (Lipinski definition) is 4. The van der Waals surface area contributed by atoms with E-state index >= 15 is 0 Å². The lowest BCUT2D eigenvalue weighted by molar-refractivity contribution is 0.626. The third-order valence-corrected chi connectivity index (χ3v) is 3.54. The normalized spacial score (nSPS) is 11.4. The Labute approximate surface area is 123 Å². The van der Waals surface area contributed by atoms with E-state index in [1.807, 2.05) is 6.07 Å². The minimum Gasteiger partial charge on any atom is -0.281 e. The van der Waals surface area contributed by atoms with Gasteiger partial charge in [0, 0.05) is 11.9 Å². The van der Waals surface area contributed by atoms with Crippen LogP contribution in [-0.2, 0) is 0 Å². The van der Waals surface area contributed by atoms with Gasteiger partial charge in [-0.3, -0.25) is 9.36 Å². The van der Waals surface area contributed by atoms with Crippen LogP contribution >= 0.6 is 0 Å². The van der Waals surface area contributed by atoms with Crippen molar-refractivity contribution in [3.63, 3.8) is 0 Å². The van der Waals surface area contributed by atoms with E-state index in [9.17, 15) is 9.18 Å². The van der Waals surface area contributed by atoms with Crippen LogP contribution in [0.1, 0.15) is 5.69 Å². The molecule has 0 radical (unpaired) electrons. The lowest BCUT2D eigenvalue weighted by Crippen LogP contribution is -2.21. The summed E-state index contributed by atoms with van der Waals surface area (Å²) in [5.41, 5.74) is 1.50. The summed E-state index contributed by atoms with van der Waals surface area (Å²) in [5.74, 6) is 0.0311. The Morgan fingerprint density at radius 1 is 1.18 bits per heavy atom. The molecule has 108 valence electrons. The molecule has 6 nitrogen and oxygen atoms in total. The first-order chi connectivity index (χ1) is 10.6. The first-order valence-electron chi connectivity index (χ1n) is 6.62. The van der Waals surface area contributed by atoms with E-state index in [-0.39, 0.29) is 5.56 Å². The number of pyridine rings is 1. The lowest BCUT2D eigenvalue weighted by Gasteiger charge is -2.12. The summed E-state index contributed by atoms with van der Waals surface area (Å²) in [7, 11) is 0. The van der Waals surface area contributed by atoms with Gasteiger partial charge in [-0.05, 0) is 31.2 Å². The molecule has 0 bridgehead atoms. The first kappa shape index (κ1) is 12.6. The molecule has 0 N–H and O–H groups in total. The van der Waals surface area contributed by atoms with E-state index in [4.69, 9.17) is 0 Å². The highest BCUT2D eigenvalue weighted by Gasteiger charge is 2.12. The zero-order chi connectivity index (χ0) is 15.3. The van der Waals surface area contributed by atoms with E-state index in [0.29, 0.717) is 28.1 Å². The maximum absolute atomic E-state index is 13.4. The zero-order valence-corrected chi connectivity index (χ0v) is 11.6. The number of halogens is 1. The summed E-state index contributed by atoms with van der Waals surface area (Å²) in [6, 6.07) is 7.72. The summed E-state index contributed by atoms with van der Waals surface area (Å²) >= 11 is 0. The number of rotatable bonds is 1. The van der Waals surface area contributed by atoms with Crippen LogP contribution in [0.5, 0.6) is 0 Å². The Hall–Kier alpha value is -3.09. The van der Waals surface area contributed by atoms with Gasteiger partial charge >= 0.3 is 0 Å². The Balaban J connectivity index is 2.13. The Kier molecular flexibility index (Phi) is 2.56. The van der Waals surface area contributed by atoms with Gasteiger partial charge in [0.1, 0.15) is 12.1 Å². The van der Waals surface area contributed by atoms with Crippen LogP contribution in [0.2, 0.25) is 0 Å². The second kappa shape index (κ2) is 4.45. The van der Waals surface area contributed by atoms with Crippen molar-refractivity contribution < 1.29 is 4.39 Å². The van der Waals surface area contributed by atoms with Crippen LogP contribution < -0.4 is 5.56 Å². The second-order valence-corrected chi connectivity index (χ2v) is 4.94. The van der Waals surface area contributed by atoms with E-state index in [2.05, 4.69) is 15.1 Å². The van der Waals surface area contributed by atoms with Crippen molar-refractivity contribution in [1.82, 2.24) is 24.1 Å². The van der Waals surface area contributed by atoms with Crippen molar-refractivity contribution in [2.75, 3.05) is 0 Å². The molecule has 22 heavy (non-hydrogen) atoms. The summed E-state index contributed by atoms with van der Waals surface area (Å²) in [4.78, 5) is 20.9. The maximum atomic E-state index is 13.4. The van der Waals surface area contributed by atoms with Gasteiger partial charge < -0.3 is 0 Å². The predicted molar refractivity (Wildman–Crippen MR) is 78.6 cm³/mol. The van der Waals surface area contributed by atoms with Crippen molar-refractivity contribution in [1.29, 1.82) is 0 Å². The van der Waals surface area contributed by atoms with Crippen LogP contribution in [0.3, 0.4) is 0 Å². The number of aromatic nitrogens is 5. The number of hydrogen-bond donors (Lipinski definition) is 0. The second-order valence-electron chi connectivity index (χ2n) is 4.94. The van der Waals surface area contributed by atoms with Gasteiger partial charge in [0.2, 0.25) is 0 Å². The van der Waals surface area contributed by atoms with Crippen LogP contribution in [-0.4, -0.2) is 24.1 Å². The molecule has 4 aromatic rings. The molecule has 3 aromatic heterocycles. The summed E-state index contributed by atoms with van der Waals surface area (Å²) in [6.45, 7) is 1.79. The fourth-order valence-corrected chi connectivity index (χ4v) is 2.58. The van der Waals surface area contributed by atoms with Crippen LogP contribution in [0, 0.1) is 12.7 Å². The molecule has 1 aromatic carbocycles. The SMILES string of the molecule is Cc1cc2c(cnc3ncnn32)c(=O)n1-c1cccc(F)c1. The summed E-state index contributed by atoms with van der Waals surface area (Å²) in [6.07, 6.45) is 2.85. The van der Waals surface area contributed by atoms with E-state index < -0.39 is 5.82 Å². The molecule has 4 rings (SSSR count). The molecule has 0 aliphatic heterocycles. The van der Waals surface area contributed by atoms with Crippen molar-refractivity contribution in [2.24, 2.45) is 0 Å². The van der Waals surface area contributed by atoms with Gasteiger partial charge in [-0.2, -0.15) is 14.6 Å². The quantitative estimate of drug-likeness (QED) is 0.538. The highest BCUT2D eigenvalue weighted by Crippen LogP contribution is 2.16. The molecule has 3 heterocycles. The molecule has 0 aliphatic carbocycles. The highest BCUT2D eigenvalue weighted by atomic mass is 19.1. The third-order valence-electron chi connectivity index (χ3n) is 3.54. The molecule has 0 saturated carbocycles. The minimum atomic E-state index is -0.395. The Morgan fingerprint density at radius 2 is 2.05 bits per heavy atom. The molecular formula is C15H10FN5O. The molecule has 0 aliphatic rings. The van der Waals surface area contributed by atoms with Crippen molar-refractivity contribution in [3.05, 3.63) is 64.7 Å². The lowest BCUT2D eigenvalue weighted by atomic mass is 10.2. The molecule has 0 fully saturated rings. The monoisotopic (exact) mass is 295 g/mol. The van der Waals surface area contributed by atoms with Gasteiger partial charge in [0.15, 0.2) is 0 Å². The molecule has 0 atom stereocenters. The minimum absolute atomic E-state index is 0.273. The van der Waals surface area contributed by atoms with Crippen LogP contribution in [0.4, 0.5) is 4.39 Å². The Bertz CT molecular complexity index is 1080. The number of nitrogens with zero attached hydrogens (tertiary/aromatic N) is 5. The fraction of sp³-hybridized carbons (Fsp3) is 0.0667. The predicted octanol–water partition coefficient (Wildman–Crippen LogP) is 1.88. The Morgan fingerprint density at radius 3 is 2.86 bits per heavy atom. The van der Waals surface area contributed by atoms with Gasteiger partial charge in [0.25, 0.3) is 11.3 Å². The average Bonchev–Trinajstić information content (AvgIpc) is 2.96. The number of benzene rings is 1. The zero-order valence-electron chi connectivity index (χ0n) is 11.6. The standard InChI is InChI=1S/C15H10FN5O/c1-9-5-13-12(7-17-15-18-8-19-21(13)15)14(22)20(9)11-4-2-3-10(16)6-11/h2-8H,1H3. The number of aryl methyl sites for hydroxylation is 1. The van der Waals surface area contributed by atoms with Crippen LogP contribution in [0.15, 0.2) is 47.7 Å². The number of fused-ring (bicyclic) bond motifs is 3. The van der Waals surface area contributed by atoms with Crippen LogP contribution in [0.25, 0.3) is 22.4 Å². The third kappa shape index (κ3) is 1.72. The van der Waals surface area contributed by atoms with Crippen molar-refractivity contribution >= 4 is 16.7 Å². The average molecular weight is 295 g/mol. The maximum Gasteiger partial charge on any atom is 0.266 e. The van der Waals surface area contributed by atoms with Gasteiger partial charge in [-0.15, -0.1) is 0 Å². The summed E-state index contributed by atoms with van der Waals surface area (Å²) < 4.78 is 16.4. The van der Waals surface area contributed by atoms with Gasteiger partial charge in [-0.25, -0.2) is 9.37 Å². The molecule has 0 unspecified atom stereocenters. The largest absolute Gasteiger partial charge is 0.281 e. The topological polar surface area (TPSA) is 65.1 Å². The van der Waals surface area contributed by atoms with Gasteiger partial charge in [-0.1, -0.05) is 6.07 Å². The highest BCUT2D eigenvalue weighted by molar-refractivity contribution is 5.79. The smallest absolute Gasteiger partial charge is 0.266 e. The van der Waals surface area contributed by atoms with Gasteiger partial charge in [0.05, 0.1) is 16.6 Å². The van der Waals surface area contributed by atoms with E-state index in [1.165, 1.54) is 33.7 Å². The molecule has 0 saturated heterocycles. The molecule has 0 amide bonds.